The summed E-state index contributed by atoms with van der Waals surface area (Å²) >= 11 is 0. The molecule has 0 radical (unpaired) electrons. The summed E-state index contributed by atoms with van der Waals surface area (Å²) in [7, 11) is 0. The minimum absolute atomic E-state index is 0.0827. The summed E-state index contributed by atoms with van der Waals surface area (Å²) in [6, 6.07) is 9.50. The Morgan fingerprint density at radius 1 is 1.28 bits per heavy atom. The van der Waals surface area contributed by atoms with Gasteiger partial charge in [0.15, 0.2) is 5.69 Å². The molecule has 0 aliphatic rings. The van der Waals surface area contributed by atoms with E-state index in [0.29, 0.717) is 0 Å². The highest BCUT2D eigenvalue weighted by Gasteiger charge is 2.16. The van der Waals surface area contributed by atoms with Crippen LogP contribution in [0.3, 0.4) is 0 Å². The van der Waals surface area contributed by atoms with E-state index in [2.05, 4.69) is 5.10 Å². The van der Waals surface area contributed by atoms with Crippen molar-refractivity contribution in [3.8, 4) is 5.69 Å². The molecule has 0 unspecified atom stereocenters. The molecule has 4 nitrogen and oxygen atoms in total. The Balaban J connectivity index is 2.54. The monoisotopic (exact) mass is 244 g/mol. The van der Waals surface area contributed by atoms with Gasteiger partial charge < -0.3 is 5.11 Å². The predicted octanol–water partition coefficient (Wildman–Crippen LogP) is 3.00. The molecule has 94 valence electrons. The van der Waals surface area contributed by atoms with Crippen LogP contribution in [0.25, 0.3) is 5.69 Å². The van der Waals surface area contributed by atoms with Gasteiger partial charge in [-0.3, -0.25) is 0 Å². The Kier molecular flexibility index (Phi) is 3.19. The van der Waals surface area contributed by atoms with Crippen molar-refractivity contribution in [1.29, 1.82) is 0 Å². The van der Waals surface area contributed by atoms with Crippen LogP contribution in [-0.4, -0.2) is 20.9 Å². The number of hydrogen-bond acceptors (Lipinski definition) is 2. The van der Waals surface area contributed by atoms with E-state index in [1.54, 1.807) is 10.7 Å². The first-order valence-electron chi connectivity index (χ1n) is 5.89. The third kappa shape index (κ3) is 2.27. The van der Waals surface area contributed by atoms with Crippen molar-refractivity contribution < 1.29 is 9.90 Å². The predicted molar refractivity (Wildman–Crippen MR) is 69.3 cm³/mol. The van der Waals surface area contributed by atoms with Crippen LogP contribution >= 0.6 is 0 Å². The Morgan fingerprint density at radius 2 is 1.89 bits per heavy atom. The van der Waals surface area contributed by atoms with E-state index in [1.165, 1.54) is 0 Å². The second kappa shape index (κ2) is 4.64. The van der Waals surface area contributed by atoms with Crippen LogP contribution < -0.4 is 0 Å². The zero-order valence-corrected chi connectivity index (χ0v) is 10.7. The number of carboxylic acids is 1. The normalized spacial score (nSPS) is 10.9. The molecule has 0 saturated heterocycles. The lowest BCUT2D eigenvalue weighted by atomic mass is 10.1. The van der Waals surface area contributed by atoms with E-state index in [-0.39, 0.29) is 11.6 Å². The van der Waals surface area contributed by atoms with Gasteiger partial charge in [-0.05, 0) is 31.0 Å². The lowest BCUT2D eigenvalue weighted by Gasteiger charge is -2.09. The standard InChI is InChI=1S/C14H16N2O2/c1-9(2)13-8-12(14(17)18)15-16(13)11-6-4-10(3)5-7-11/h4-9H,1-3H3,(H,17,18). The molecule has 1 aromatic heterocycles. The summed E-state index contributed by atoms with van der Waals surface area (Å²) in [5.41, 5.74) is 3.03. The van der Waals surface area contributed by atoms with E-state index in [1.807, 2.05) is 45.0 Å². The molecule has 1 heterocycles. The van der Waals surface area contributed by atoms with Crippen molar-refractivity contribution in [3.63, 3.8) is 0 Å². The zero-order valence-electron chi connectivity index (χ0n) is 10.7. The lowest BCUT2D eigenvalue weighted by Crippen LogP contribution is -2.04. The Morgan fingerprint density at radius 3 is 2.39 bits per heavy atom. The van der Waals surface area contributed by atoms with Crippen molar-refractivity contribution in [2.45, 2.75) is 26.7 Å². The topological polar surface area (TPSA) is 55.1 Å². The maximum atomic E-state index is 11.0. The summed E-state index contributed by atoms with van der Waals surface area (Å²) in [6.07, 6.45) is 0. The van der Waals surface area contributed by atoms with Gasteiger partial charge in [-0.2, -0.15) is 5.10 Å². The number of rotatable bonds is 3. The first-order valence-corrected chi connectivity index (χ1v) is 5.89. The molecule has 0 aliphatic carbocycles. The van der Waals surface area contributed by atoms with Gasteiger partial charge in [0.05, 0.1) is 5.69 Å². The Labute approximate surface area is 106 Å². The molecule has 0 atom stereocenters. The summed E-state index contributed by atoms with van der Waals surface area (Å²) in [6.45, 7) is 6.06. The average molecular weight is 244 g/mol. The van der Waals surface area contributed by atoms with Gasteiger partial charge in [0, 0.05) is 5.69 Å². The maximum absolute atomic E-state index is 11.0. The second-order valence-electron chi connectivity index (χ2n) is 4.66. The van der Waals surface area contributed by atoms with Crippen molar-refractivity contribution in [2.24, 2.45) is 0 Å². The zero-order chi connectivity index (χ0) is 13.3. The summed E-state index contributed by atoms with van der Waals surface area (Å²) in [4.78, 5) is 11.0. The van der Waals surface area contributed by atoms with Crippen LogP contribution in [0.1, 0.15) is 41.5 Å². The number of benzene rings is 1. The van der Waals surface area contributed by atoms with Crippen LogP contribution in [0.15, 0.2) is 30.3 Å². The van der Waals surface area contributed by atoms with Gasteiger partial charge in [0.2, 0.25) is 0 Å². The maximum Gasteiger partial charge on any atom is 0.356 e. The molecule has 4 heteroatoms. The fourth-order valence-electron chi connectivity index (χ4n) is 1.80. The van der Waals surface area contributed by atoms with Crippen LogP contribution in [0.5, 0.6) is 0 Å². The minimum atomic E-state index is -0.997. The van der Waals surface area contributed by atoms with E-state index >= 15 is 0 Å². The average Bonchev–Trinajstić information content (AvgIpc) is 2.75. The molecule has 2 rings (SSSR count). The molecular weight excluding hydrogens is 228 g/mol. The Bertz CT molecular complexity index is 568. The second-order valence-corrected chi connectivity index (χ2v) is 4.66. The summed E-state index contributed by atoms with van der Waals surface area (Å²) < 4.78 is 1.70. The highest BCUT2D eigenvalue weighted by atomic mass is 16.4. The van der Waals surface area contributed by atoms with Gasteiger partial charge in [-0.1, -0.05) is 31.5 Å². The molecule has 0 amide bonds. The number of hydrogen-bond donors (Lipinski definition) is 1. The van der Waals surface area contributed by atoms with Crippen molar-refractivity contribution in [1.82, 2.24) is 9.78 Å². The summed E-state index contributed by atoms with van der Waals surface area (Å²) in [5.74, 6) is -0.783. The molecule has 0 spiro atoms. The Hall–Kier alpha value is -2.10. The molecule has 0 saturated carbocycles. The van der Waals surface area contributed by atoms with Crippen LogP contribution in [0.2, 0.25) is 0 Å². The van der Waals surface area contributed by atoms with Gasteiger partial charge in [-0.25, -0.2) is 9.48 Å². The van der Waals surface area contributed by atoms with E-state index in [9.17, 15) is 4.79 Å². The molecular formula is C14H16N2O2. The molecule has 0 fully saturated rings. The van der Waals surface area contributed by atoms with Gasteiger partial charge in [0.25, 0.3) is 0 Å². The van der Waals surface area contributed by atoms with E-state index < -0.39 is 5.97 Å². The lowest BCUT2D eigenvalue weighted by molar-refractivity contribution is 0.0690. The highest BCUT2D eigenvalue weighted by Crippen LogP contribution is 2.20. The minimum Gasteiger partial charge on any atom is -0.476 e. The fourth-order valence-corrected chi connectivity index (χ4v) is 1.80. The molecule has 1 aromatic carbocycles. The van der Waals surface area contributed by atoms with Crippen LogP contribution in [0.4, 0.5) is 0 Å². The van der Waals surface area contributed by atoms with E-state index in [0.717, 1.165) is 16.9 Å². The van der Waals surface area contributed by atoms with Gasteiger partial charge in [-0.15, -0.1) is 0 Å². The van der Waals surface area contributed by atoms with Crippen LogP contribution in [0, 0.1) is 6.92 Å². The third-order valence-electron chi connectivity index (χ3n) is 2.83. The van der Waals surface area contributed by atoms with Crippen LogP contribution in [-0.2, 0) is 0 Å². The van der Waals surface area contributed by atoms with E-state index in [4.69, 9.17) is 5.11 Å². The van der Waals surface area contributed by atoms with Crippen molar-refractivity contribution in [3.05, 3.63) is 47.3 Å². The molecule has 1 N–H and O–H groups in total. The fraction of sp³-hybridized carbons (Fsp3) is 0.286. The highest BCUT2D eigenvalue weighted by molar-refractivity contribution is 5.85. The number of aryl methyl sites for hydroxylation is 1. The quantitative estimate of drug-likeness (QED) is 0.903. The SMILES string of the molecule is Cc1ccc(-n2nc(C(=O)O)cc2C(C)C)cc1. The number of carbonyl (C=O) groups is 1. The number of nitrogens with zero attached hydrogens (tertiary/aromatic N) is 2. The molecule has 0 aliphatic heterocycles. The smallest absolute Gasteiger partial charge is 0.356 e. The summed E-state index contributed by atoms with van der Waals surface area (Å²) in [5, 5.41) is 13.2. The number of carboxylic acid groups (broad SMARTS) is 1. The van der Waals surface area contributed by atoms with Crippen molar-refractivity contribution in [2.75, 3.05) is 0 Å². The molecule has 0 bridgehead atoms. The first-order chi connectivity index (χ1) is 8.49. The first kappa shape index (κ1) is 12.4. The van der Waals surface area contributed by atoms with Crippen molar-refractivity contribution >= 4 is 5.97 Å². The number of aromatic nitrogens is 2. The molecule has 2 aromatic rings. The number of aromatic carboxylic acids is 1. The van der Waals surface area contributed by atoms with Gasteiger partial charge in [0.1, 0.15) is 0 Å². The molecule has 18 heavy (non-hydrogen) atoms. The largest absolute Gasteiger partial charge is 0.476 e. The third-order valence-corrected chi connectivity index (χ3v) is 2.83. The van der Waals surface area contributed by atoms with Gasteiger partial charge >= 0.3 is 5.97 Å².